The second kappa shape index (κ2) is 10.7. The standard InChI is InChI=1S/C18H37N3O3/c1-8-19-14(16(23)24-18(5,6)7)11-9-10-12-20-15(22)13-21-17(2,3)4/h14,19,21H,8-13H2,1-7H3,(H,20,22). The van der Waals surface area contributed by atoms with Crippen molar-refractivity contribution in [2.45, 2.75) is 84.9 Å². The van der Waals surface area contributed by atoms with Gasteiger partial charge in [-0.2, -0.15) is 0 Å². The van der Waals surface area contributed by atoms with Crippen molar-refractivity contribution >= 4 is 11.9 Å². The highest BCUT2D eigenvalue weighted by Gasteiger charge is 2.23. The zero-order chi connectivity index (χ0) is 18.8. The van der Waals surface area contributed by atoms with Crippen molar-refractivity contribution in [3.63, 3.8) is 0 Å². The predicted octanol–water partition coefficient (Wildman–Crippen LogP) is 1.98. The highest BCUT2D eigenvalue weighted by molar-refractivity contribution is 5.78. The van der Waals surface area contributed by atoms with Crippen LogP contribution in [0.1, 0.15) is 67.7 Å². The molecule has 0 fully saturated rings. The molecule has 0 rings (SSSR count). The first-order valence-electron chi connectivity index (χ1n) is 8.92. The Morgan fingerprint density at radius 3 is 2.17 bits per heavy atom. The fraction of sp³-hybridized carbons (Fsp3) is 0.889. The zero-order valence-corrected chi connectivity index (χ0v) is 16.5. The number of amides is 1. The lowest BCUT2D eigenvalue weighted by Crippen LogP contribution is -2.43. The molecule has 0 aliphatic carbocycles. The summed E-state index contributed by atoms with van der Waals surface area (Å²) in [4.78, 5) is 23.8. The molecule has 3 N–H and O–H groups in total. The molecule has 0 spiro atoms. The van der Waals surface area contributed by atoms with Gasteiger partial charge in [-0.15, -0.1) is 0 Å². The number of rotatable bonds is 10. The fourth-order valence-corrected chi connectivity index (χ4v) is 2.03. The van der Waals surface area contributed by atoms with E-state index >= 15 is 0 Å². The molecule has 0 radical (unpaired) electrons. The lowest BCUT2D eigenvalue weighted by atomic mass is 10.1. The van der Waals surface area contributed by atoms with Gasteiger partial charge in [-0.25, -0.2) is 0 Å². The summed E-state index contributed by atoms with van der Waals surface area (Å²) in [5.41, 5.74) is -0.539. The van der Waals surface area contributed by atoms with Crippen LogP contribution in [0.2, 0.25) is 0 Å². The molecule has 0 aliphatic heterocycles. The normalized spacial score (nSPS) is 13.5. The molecule has 0 heterocycles. The molecule has 0 bridgehead atoms. The predicted molar refractivity (Wildman–Crippen MR) is 97.9 cm³/mol. The number of ether oxygens (including phenoxy) is 1. The number of hydrogen-bond donors (Lipinski definition) is 3. The minimum Gasteiger partial charge on any atom is -0.459 e. The third-order valence-corrected chi connectivity index (χ3v) is 3.16. The summed E-state index contributed by atoms with van der Waals surface area (Å²) in [5, 5.41) is 9.21. The van der Waals surface area contributed by atoms with Gasteiger partial charge in [-0.3, -0.25) is 9.59 Å². The van der Waals surface area contributed by atoms with Gasteiger partial charge >= 0.3 is 5.97 Å². The van der Waals surface area contributed by atoms with E-state index in [9.17, 15) is 9.59 Å². The first-order chi connectivity index (χ1) is 10.9. The van der Waals surface area contributed by atoms with Crippen molar-refractivity contribution < 1.29 is 14.3 Å². The van der Waals surface area contributed by atoms with Crippen LogP contribution in [0.5, 0.6) is 0 Å². The van der Waals surface area contributed by atoms with E-state index in [0.717, 1.165) is 19.4 Å². The third kappa shape index (κ3) is 13.3. The number of carbonyl (C=O) groups is 2. The topological polar surface area (TPSA) is 79.5 Å². The van der Waals surface area contributed by atoms with Crippen LogP contribution in [-0.4, -0.2) is 48.7 Å². The largest absolute Gasteiger partial charge is 0.459 e. The maximum Gasteiger partial charge on any atom is 0.323 e. The molecule has 0 aromatic heterocycles. The molecule has 1 atom stereocenters. The maximum atomic E-state index is 12.1. The Labute approximate surface area is 147 Å². The van der Waals surface area contributed by atoms with Crippen LogP contribution in [0, 0.1) is 0 Å². The maximum absolute atomic E-state index is 12.1. The first kappa shape index (κ1) is 22.9. The van der Waals surface area contributed by atoms with Crippen molar-refractivity contribution in [1.29, 1.82) is 0 Å². The Kier molecular flexibility index (Phi) is 10.2. The Hall–Kier alpha value is -1.14. The minimum atomic E-state index is -0.473. The number of hydrogen-bond acceptors (Lipinski definition) is 5. The number of likely N-dealkylation sites (N-methyl/N-ethyl adjacent to an activating group) is 1. The van der Waals surface area contributed by atoms with Gasteiger partial charge in [0.1, 0.15) is 11.6 Å². The molecule has 0 aromatic carbocycles. The number of nitrogens with one attached hydrogen (secondary N) is 3. The zero-order valence-electron chi connectivity index (χ0n) is 16.5. The van der Waals surface area contributed by atoms with E-state index in [2.05, 4.69) is 16.0 Å². The lowest BCUT2D eigenvalue weighted by Gasteiger charge is -2.24. The molecule has 24 heavy (non-hydrogen) atoms. The van der Waals surface area contributed by atoms with Crippen LogP contribution in [0.4, 0.5) is 0 Å². The summed E-state index contributed by atoms with van der Waals surface area (Å²) < 4.78 is 5.43. The van der Waals surface area contributed by atoms with Crippen LogP contribution in [-0.2, 0) is 14.3 Å². The van der Waals surface area contributed by atoms with Crippen LogP contribution in [0.3, 0.4) is 0 Å². The quantitative estimate of drug-likeness (QED) is 0.417. The Balaban J connectivity index is 4.00. The molecular formula is C18H37N3O3. The van der Waals surface area contributed by atoms with Crippen LogP contribution >= 0.6 is 0 Å². The summed E-state index contributed by atoms with van der Waals surface area (Å²) in [7, 11) is 0. The summed E-state index contributed by atoms with van der Waals surface area (Å²) in [6, 6.07) is -0.285. The van der Waals surface area contributed by atoms with Crippen molar-refractivity contribution in [2.75, 3.05) is 19.6 Å². The number of esters is 1. The minimum absolute atomic E-state index is 0.000278. The molecular weight excluding hydrogens is 306 g/mol. The van der Waals surface area contributed by atoms with E-state index in [-0.39, 0.29) is 23.5 Å². The Morgan fingerprint density at radius 1 is 1.04 bits per heavy atom. The molecule has 0 saturated heterocycles. The first-order valence-corrected chi connectivity index (χ1v) is 8.92. The second-order valence-electron chi connectivity index (χ2n) is 8.09. The van der Waals surface area contributed by atoms with Crippen LogP contribution in [0.25, 0.3) is 0 Å². The highest BCUT2D eigenvalue weighted by Crippen LogP contribution is 2.11. The molecule has 1 unspecified atom stereocenters. The van der Waals surface area contributed by atoms with E-state index in [1.54, 1.807) is 0 Å². The van der Waals surface area contributed by atoms with E-state index < -0.39 is 5.60 Å². The van der Waals surface area contributed by atoms with E-state index in [0.29, 0.717) is 19.5 Å². The summed E-state index contributed by atoms with van der Waals surface area (Å²) in [6.45, 7) is 15.3. The summed E-state index contributed by atoms with van der Waals surface area (Å²) in [6.07, 6.45) is 2.40. The summed E-state index contributed by atoms with van der Waals surface area (Å²) >= 11 is 0. The summed E-state index contributed by atoms with van der Waals surface area (Å²) in [5.74, 6) is -0.205. The number of carbonyl (C=O) groups excluding carboxylic acids is 2. The van der Waals surface area contributed by atoms with Gasteiger partial charge in [0.05, 0.1) is 6.54 Å². The number of unbranched alkanes of at least 4 members (excludes halogenated alkanes) is 1. The van der Waals surface area contributed by atoms with Crippen molar-refractivity contribution in [1.82, 2.24) is 16.0 Å². The van der Waals surface area contributed by atoms with Gasteiger partial charge in [0, 0.05) is 12.1 Å². The Bertz CT molecular complexity index is 384. The molecule has 142 valence electrons. The molecule has 6 heteroatoms. The molecule has 1 amide bonds. The van der Waals surface area contributed by atoms with Gasteiger partial charge in [0.15, 0.2) is 0 Å². The molecule has 0 saturated carbocycles. The van der Waals surface area contributed by atoms with E-state index in [4.69, 9.17) is 4.74 Å². The lowest BCUT2D eigenvalue weighted by molar-refractivity contribution is -0.157. The smallest absolute Gasteiger partial charge is 0.323 e. The van der Waals surface area contributed by atoms with Gasteiger partial charge in [-0.05, 0) is 67.3 Å². The average Bonchev–Trinajstić information content (AvgIpc) is 2.41. The average molecular weight is 344 g/mol. The van der Waals surface area contributed by atoms with Gasteiger partial charge in [0.25, 0.3) is 0 Å². The Morgan fingerprint density at radius 2 is 1.67 bits per heavy atom. The van der Waals surface area contributed by atoms with Crippen molar-refractivity contribution in [3.8, 4) is 0 Å². The van der Waals surface area contributed by atoms with Crippen molar-refractivity contribution in [2.24, 2.45) is 0 Å². The second-order valence-corrected chi connectivity index (χ2v) is 8.09. The van der Waals surface area contributed by atoms with Crippen molar-refractivity contribution in [3.05, 3.63) is 0 Å². The molecule has 6 nitrogen and oxygen atoms in total. The monoisotopic (exact) mass is 343 g/mol. The van der Waals surface area contributed by atoms with Crippen LogP contribution < -0.4 is 16.0 Å². The fourth-order valence-electron chi connectivity index (χ4n) is 2.03. The van der Waals surface area contributed by atoms with Gasteiger partial charge in [0.2, 0.25) is 5.91 Å². The SMILES string of the molecule is CCNC(CCCCNC(=O)CNC(C)(C)C)C(=O)OC(C)(C)C. The van der Waals surface area contributed by atoms with E-state index in [1.165, 1.54) is 0 Å². The highest BCUT2D eigenvalue weighted by atomic mass is 16.6. The van der Waals surface area contributed by atoms with Gasteiger partial charge in [-0.1, -0.05) is 6.92 Å². The van der Waals surface area contributed by atoms with E-state index in [1.807, 2.05) is 48.5 Å². The van der Waals surface area contributed by atoms with Crippen LogP contribution in [0.15, 0.2) is 0 Å². The molecule has 0 aliphatic rings. The third-order valence-electron chi connectivity index (χ3n) is 3.16. The molecule has 0 aromatic rings. The van der Waals surface area contributed by atoms with Gasteiger partial charge < -0.3 is 20.7 Å².